The topological polar surface area (TPSA) is 136 Å². The number of imide groups is 1. The Hall–Kier alpha value is -2.69. The summed E-state index contributed by atoms with van der Waals surface area (Å²) in [6.45, 7) is 0.0228. The molecular weight excluding hydrogens is 345 g/mol. The molecule has 11 heteroatoms. The third kappa shape index (κ3) is 2.89. The first-order valence-electron chi connectivity index (χ1n) is 6.87. The number of amides is 3. The van der Waals surface area contributed by atoms with Gasteiger partial charge in [-0.3, -0.25) is 19.7 Å². The van der Waals surface area contributed by atoms with Gasteiger partial charge in [-0.15, -0.1) is 0 Å². The number of rotatable bonds is 3. The van der Waals surface area contributed by atoms with Crippen molar-refractivity contribution in [2.45, 2.75) is 25.4 Å². The molecule has 0 saturated carbocycles. The van der Waals surface area contributed by atoms with Gasteiger partial charge in [0.15, 0.2) is 0 Å². The standard InChI is InChI=1S/C13H12FN3O6S/c14-24(21,22)23-6-3-7-8(9(15)4-6)5-17(13(7)20)10-1-2-11(18)16-12(10)19/h3-4,10H,1-2,5,15H2,(H,16,18,19). The van der Waals surface area contributed by atoms with E-state index in [1.54, 1.807) is 0 Å². The zero-order chi connectivity index (χ0) is 17.6. The number of anilines is 1. The van der Waals surface area contributed by atoms with Crippen molar-refractivity contribution in [1.29, 1.82) is 0 Å². The van der Waals surface area contributed by atoms with Crippen molar-refractivity contribution >= 4 is 33.9 Å². The van der Waals surface area contributed by atoms with Crippen LogP contribution in [0.1, 0.15) is 28.8 Å². The molecule has 1 saturated heterocycles. The molecule has 24 heavy (non-hydrogen) atoms. The van der Waals surface area contributed by atoms with Crippen LogP contribution in [-0.2, 0) is 26.6 Å². The third-order valence-corrected chi connectivity index (χ3v) is 4.25. The van der Waals surface area contributed by atoms with E-state index in [0.29, 0.717) is 5.56 Å². The second-order valence-electron chi connectivity index (χ2n) is 5.42. The minimum Gasteiger partial charge on any atom is -0.398 e. The summed E-state index contributed by atoms with van der Waals surface area (Å²) in [6, 6.07) is 1.30. The van der Waals surface area contributed by atoms with E-state index < -0.39 is 40.0 Å². The maximum Gasteiger partial charge on any atom is 0.488 e. The van der Waals surface area contributed by atoms with E-state index in [2.05, 4.69) is 9.50 Å². The molecule has 128 valence electrons. The Kier molecular flexibility index (Phi) is 3.67. The van der Waals surface area contributed by atoms with E-state index in [0.717, 1.165) is 12.1 Å². The molecule has 1 unspecified atom stereocenters. The fraction of sp³-hybridized carbons (Fsp3) is 0.308. The molecule has 0 aliphatic carbocycles. The van der Waals surface area contributed by atoms with E-state index in [-0.39, 0.29) is 30.6 Å². The summed E-state index contributed by atoms with van der Waals surface area (Å²) in [5, 5.41) is 2.15. The summed E-state index contributed by atoms with van der Waals surface area (Å²) in [5.74, 6) is -2.02. The van der Waals surface area contributed by atoms with Crippen LogP contribution in [0.3, 0.4) is 0 Å². The number of piperidine rings is 1. The molecule has 9 nitrogen and oxygen atoms in total. The number of carbonyl (C=O) groups is 3. The minimum atomic E-state index is -5.26. The van der Waals surface area contributed by atoms with Crippen molar-refractivity contribution in [2.75, 3.05) is 5.73 Å². The fourth-order valence-corrected chi connectivity index (χ4v) is 3.15. The Labute approximate surface area is 136 Å². The lowest BCUT2D eigenvalue weighted by molar-refractivity contribution is -0.136. The summed E-state index contributed by atoms with van der Waals surface area (Å²) < 4.78 is 37.9. The van der Waals surface area contributed by atoms with E-state index >= 15 is 0 Å². The molecule has 3 rings (SSSR count). The highest BCUT2D eigenvalue weighted by molar-refractivity contribution is 7.81. The predicted octanol–water partition coefficient (Wildman–Crippen LogP) is -0.377. The van der Waals surface area contributed by atoms with Crippen LogP contribution >= 0.6 is 0 Å². The minimum absolute atomic E-state index is 0.0228. The summed E-state index contributed by atoms with van der Waals surface area (Å²) in [7, 11) is -5.26. The lowest BCUT2D eigenvalue weighted by Crippen LogP contribution is -2.52. The maximum atomic E-state index is 12.6. The molecule has 3 amide bonds. The van der Waals surface area contributed by atoms with Crippen LogP contribution in [0.25, 0.3) is 0 Å². The van der Waals surface area contributed by atoms with Gasteiger partial charge in [0, 0.05) is 30.3 Å². The summed E-state index contributed by atoms with van der Waals surface area (Å²) >= 11 is 0. The lowest BCUT2D eigenvalue weighted by Gasteiger charge is -2.29. The van der Waals surface area contributed by atoms with Crippen LogP contribution in [0.5, 0.6) is 5.75 Å². The number of nitrogen functional groups attached to an aromatic ring is 1. The second kappa shape index (κ2) is 5.44. The summed E-state index contributed by atoms with van der Waals surface area (Å²) in [4.78, 5) is 36.9. The van der Waals surface area contributed by atoms with Gasteiger partial charge in [-0.2, -0.15) is 8.42 Å². The first-order chi connectivity index (χ1) is 11.2. The van der Waals surface area contributed by atoms with Crippen LogP contribution in [0.4, 0.5) is 9.57 Å². The molecule has 0 radical (unpaired) electrons. The molecule has 0 bridgehead atoms. The highest BCUT2D eigenvalue weighted by Crippen LogP contribution is 2.34. The van der Waals surface area contributed by atoms with Crippen molar-refractivity contribution in [3.63, 3.8) is 0 Å². The number of carbonyl (C=O) groups excluding carboxylic acids is 3. The smallest absolute Gasteiger partial charge is 0.398 e. The van der Waals surface area contributed by atoms with Crippen molar-refractivity contribution < 1.29 is 30.9 Å². The van der Waals surface area contributed by atoms with Gasteiger partial charge >= 0.3 is 10.5 Å². The molecule has 1 aromatic rings. The largest absolute Gasteiger partial charge is 0.488 e. The Bertz CT molecular complexity index is 869. The van der Waals surface area contributed by atoms with Crippen molar-refractivity contribution in [2.24, 2.45) is 0 Å². The van der Waals surface area contributed by atoms with Crippen LogP contribution in [0.2, 0.25) is 0 Å². The number of fused-ring (bicyclic) bond motifs is 1. The molecule has 2 heterocycles. The van der Waals surface area contributed by atoms with Gasteiger partial charge in [0.05, 0.1) is 5.56 Å². The number of hydrogen-bond donors (Lipinski definition) is 2. The van der Waals surface area contributed by atoms with E-state index in [1.165, 1.54) is 4.90 Å². The number of nitrogens with zero attached hydrogens (tertiary/aromatic N) is 1. The van der Waals surface area contributed by atoms with E-state index in [4.69, 9.17) is 5.73 Å². The van der Waals surface area contributed by atoms with Gasteiger partial charge in [-0.1, -0.05) is 3.89 Å². The van der Waals surface area contributed by atoms with Crippen LogP contribution in [-0.4, -0.2) is 37.1 Å². The van der Waals surface area contributed by atoms with Gasteiger partial charge in [-0.25, -0.2) is 0 Å². The third-order valence-electron chi connectivity index (χ3n) is 3.86. The molecule has 2 aliphatic rings. The molecule has 0 spiro atoms. The first kappa shape index (κ1) is 16.2. The Morgan fingerprint density at radius 2 is 2.00 bits per heavy atom. The molecule has 3 N–H and O–H groups in total. The SMILES string of the molecule is Nc1cc(OS(=O)(=O)F)cc2c1CN(C1CCC(=O)NC1=O)C2=O. The quantitative estimate of drug-likeness (QED) is 0.428. The normalized spacial score (nSPS) is 20.8. The number of nitrogens with two attached hydrogens (primary N) is 1. The summed E-state index contributed by atoms with van der Waals surface area (Å²) in [5.41, 5.74) is 6.22. The van der Waals surface area contributed by atoms with Crippen LogP contribution in [0.15, 0.2) is 12.1 Å². The Morgan fingerprint density at radius 3 is 2.62 bits per heavy atom. The molecule has 1 aromatic carbocycles. The van der Waals surface area contributed by atoms with Crippen LogP contribution < -0.4 is 15.2 Å². The maximum absolute atomic E-state index is 12.6. The molecule has 2 aliphatic heterocycles. The highest BCUT2D eigenvalue weighted by atomic mass is 32.3. The van der Waals surface area contributed by atoms with Crippen molar-refractivity contribution in [3.05, 3.63) is 23.3 Å². The lowest BCUT2D eigenvalue weighted by atomic mass is 10.0. The number of benzene rings is 1. The van der Waals surface area contributed by atoms with Gasteiger partial charge in [-0.05, 0) is 12.5 Å². The number of nitrogens with one attached hydrogen (secondary N) is 1. The van der Waals surface area contributed by atoms with Gasteiger partial charge < -0.3 is 14.8 Å². The average molecular weight is 357 g/mol. The molecule has 1 atom stereocenters. The molecule has 1 fully saturated rings. The Balaban J connectivity index is 1.91. The predicted molar refractivity (Wildman–Crippen MR) is 77.6 cm³/mol. The number of hydrogen-bond acceptors (Lipinski definition) is 7. The Morgan fingerprint density at radius 1 is 1.29 bits per heavy atom. The van der Waals surface area contributed by atoms with Gasteiger partial charge in [0.2, 0.25) is 11.8 Å². The van der Waals surface area contributed by atoms with Crippen LogP contribution in [0, 0.1) is 0 Å². The van der Waals surface area contributed by atoms with E-state index in [9.17, 15) is 26.7 Å². The summed E-state index contributed by atoms with van der Waals surface area (Å²) in [6.07, 6.45) is 0.271. The number of halogens is 1. The average Bonchev–Trinajstić information content (AvgIpc) is 2.75. The van der Waals surface area contributed by atoms with Crippen molar-refractivity contribution in [1.82, 2.24) is 10.2 Å². The zero-order valence-electron chi connectivity index (χ0n) is 12.1. The molecular formula is C13H12FN3O6S. The first-order valence-corrected chi connectivity index (χ1v) is 8.17. The zero-order valence-corrected chi connectivity index (χ0v) is 12.9. The van der Waals surface area contributed by atoms with Crippen molar-refractivity contribution in [3.8, 4) is 5.75 Å². The second-order valence-corrected chi connectivity index (χ2v) is 6.37. The fourth-order valence-electron chi connectivity index (χ4n) is 2.83. The van der Waals surface area contributed by atoms with Gasteiger partial charge in [0.1, 0.15) is 11.8 Å². The monoisotopic (exact) mass is 357 g/mol. The van der Waals surface area contributed by atoms with Gasteiger partial charge in [0.25, 0.3) is 5.91 Å². The van der Waals surface area contributed by atoms with E-state index in [1.807, 2.05) is 0 Å². The highest BCUT2D eigenvalue weighted by Gasteiger charge is 2.40. The molecule has 0 aromatic heterocycles.